The van der Waals surface area contributed by atoms with E-state index < -0.39 is 0 Å². The summed E-state index contributed by atoms with van der Waals surface area (Å²) < 4.78 is 11.5. The van der Waals surface area contributed by atoms with Crippen molar-refractivity contribution in [3.05, 3.63) is 60.0 Å². The molecule has 0 bridgehead atoms. The molecule has 2 aromatic heterocycles. The second kappa shape index (κ2) is 9.31. The van der Waals surface area contributed by atoms with Crippen molar-refractivity contribution in [3.63, 3.8) is 0 Å². The number of pyridine rings is 1. The van der Waals surface area contributed by atoms with Gasteiger partial charge in [-0.1, -0.05) is 6.07 Å². The summed E-state index contributed by atoms with van der Waals surface area (Å²) in [5.41, 5.74) is 9.66. The molecular formula is C22H22N6O2. The molecule has 1 fully saturated rings. The third-order valence-electron chi connectivity index (χ3n) is 4.86. The number of nitriles is 1. The first-order chi connectivity index (χ1) is 14.8. The van der Waals surface area contributed by atoms with Crippen LogP contribution in [-0.4, -0.2) is 48.0 Å². The molecule has 1 aliphatic heterocycles. The average Bonchev–Trinajstić information content (AvgIpc) is 2.81. The molecule has 1 aliphatic rings. The third-order valence-corrected chi connectivity index (χ3v) is 4.86. The maximum Gasteiger partial charge on any atom is 0.240 e. The first kappa shape index (κ1) is 19.8. The fourth-order valence-corrected chi connectivity index (χ4v) is 3.29. The Bertz CT molecular complexity index is 1040. The lowest BCUT2D eigenvalue weighted by Gasteiger charge is -2.28. The van der Waals surface area contributed by atoms with Crippen LogP contribution in [0.4, 0.5) is 5.69 Å². The summed E-state index contributed by atoms with van der Waals surface area (Å²) in [6.07, 6.45) is 4.22. The minimum absolute atomic E-state index is 0.364. The van der Waals surface area contributed by atoms with Crippen molar-refractivity contribution in [3.8, 4) is 28.8 Å². The minimum atomic E-state index is 0.364. The van der Waals surface area contributed by atoms with E-state index in [4.69, 9.17) is 15.2 Å². The van der Waals surface area contributed by atoms with E-state index in [1.165, 1.54) is 0 Å². The largest absolute Gasteiger partial charge is 0.437 e. The highest BCUT2D eigenvalue weighted by Gasteiger charge is 2.15. The van der Waals surface area contributed by atoms with Gasteiger partial charge in [0, 0.05) is 48.6 Å². The van der Waals surface area contributed by atoms with Crippen LogP contribution in [0, 0.1) is 11.3 Å². The Balaban J connectivity index is 1.64. The molecule has 8 nitrogen and oxygen atoms in total. The van der Waals surface area contributed by atoms with Crippen molar-refractivity contribution in [2.45, 2.75) is 6.42 Å². The van der Waals surface area contributed by atoms with E-state index in [2.05, 4.69) is 26.2 Å². The van der Waals surface area contributed by atoms with Crippen LogP contribution >= 0.6 is 0 Å². The van der Waals surface area contributed by atoms with Crippen LogP contribution in [0.2, 0.25) is 0 Å². The topological polar surface area (TPSA) is 110 Å². The molecule has 0 spiro atoms. The Kier molecular flexibility index (Phi) is 6.13. The summed E-state index contributed by atoms with van der Waals surface area (Å²) in [7, 11) is 0. The van der Waals surface area contributed by atoms with Gasteiger partial charge in [0.15, 0.2) is 0 Å². The number of rotatable bonds is 6. The number of hydrogen-bond donors (Lipinski definition) is 1. The number of benzene rings is 1. The number of morpholine rings is 1. The van der Waals surface area contributed by atoms with Crippen LogP contribution in [-0.2, 0) is 11.2 Å². The van der Waals surface area contributed by atoms with Gasteiger partial charge in [0.05, 0.1) is 36.7 Å². The van der Waals surface area contributed by atoms with Gasteiger partial charge in [0.2, 0.25) is 5.88 Å². The fraction of sp³-hybridized carbons (Fsp3) is 0.273. The zero-order valence-corrected chi connectivity index (χ0v) is 16.5. The zero-order valence-electron chi connectivity index (χ0n) is 16.5. The van der Waals surface area contributed by atoms with Crippen molar-refractivity contribution in [2.24, 2.45) is 5.73 Å². The summed E-state index contributed by atoms with van der Waals surface area (Å²) in [5, 5.41) is 17.5. The lowest BCUT2D eigenvalue weighted by atomic mass is 10.0. The van der Waals surface area contributed by atoms with Gasteiger partial charge in [0.1, 0.15) is 5.75 Å². The van der Waals surface area contributed by atoms with Crippen molar-refractivity contribution in [1.82, 2.24) is 15.2 Å². The Labute approximate surface area is 174 Å². The predicted molar refractivity (Wildman–Crippen MR) is 112 cm³/mol. The molecule has 0 aliphatic carbocycles. The van der Waals surface area contributed by atoms with Gasteiger partial charge in [-0.15, -0.1) is 5.10 Å². The maximum atomic E-state index is 9.32. The highest BCUT2D eigenvalue weighted by molar-refractivity contribution is 5.71. The minimum Gasteiger partial charge on any atom is -0.437 e. The van der Waals surface area contributed by atoms with Gasteiger partial charge in [-0.3, -0.25) is 4.98 Å². The second-order valence-corrected chi connectivity index (χ2v) is 6.85. The summed E-state index contributed by atoms with van der Waals surface area (Å²) in [6.45, 7) is 3.50. The first-order valence-electron chi connectivity index (χ1n) is 9.79. The molecule has 1 aromatic carbocycles. The molecule has 0 atom stereocenters. The van der Waals surface area contributed by atoms with E-state index in [0.29, 0.717) is 37.0 Å². The Morgan fingerprint density at radius 1 is 1.13 bits per heavy atom. The maximum absolute atomic E-state index is 9.32. The van der Waals surface area contributed by atoms with Crippen LogP contribution < -0.4 is 15.4 Å². The normalized spacial score (nSPS) is 13.7. The van der Waals surface area contributed by atoms with Gasteiger partial charge in [-0.2, -0.15) is 10.4 Å². The highest BCUT2D eigenvalue weighted by atomic mass is 16.5. The van der Waals surface area contributed by atoms with E-state index in [1.54, 1.807) is 24.5 Å². The van der Waals surface area contributed by atoms with E-state index >= 15 is 0 Å². The number of aromatic nitrogens is 3. The molecule has 0 saturated carbocycles. The van der Waals surface area contributed by atoms with Crippen molar-refractivity contribution < 1.29 is 9.47 Å². The standard InChI is InChI=1S/C22H22N6O2/c23-6-5-18-3-2-17(14-25-18)20-4-1-16(13-24)11-21(20)30-22-12-19(15-26-27-22)28-7-9-29-10-8-28/h1-4,11-12,14-15H,5-10,23H2. The molecule has 152 valence electrons. The molecule has 3 aromatic rings. The van der Waals surface area contributed by atoms with Crippen LogP contribution in [0.25, 0.3) is 11.1 Å². The molecule has 4 rings (SSSR count). The first-order valence-corrected chi connectivity index (χ1v) is 9.79. The van der Waals surface area contributed by atoms with Gasteiger partial charge < -0.3 is 20.1 Å². The zero-order chi connectivity index (χ0) is 20.8. The van der Waals surface area contributed by atoms with Crippen molar-refractivity contribution in [2.75, 3.05) is 37.7 Å². The lowest BCUT2D eigenvalue weighted by Crippen LogP contribution is -2.36. The Hall–Kier alpha value is -3.54. The summed E-state index contributed by atoms with van der Waals surface area (Å²) >= 11 is 0. The lowest BCUT2D eigenvalue weighted by molar-refractivity contribution is 0.122. The van der Waals surface area contributed by atoms with Crippen molar-refractivity contribution >= 4 is 5.69 Å². The molecule has 0 amide bonds. The average molecular weight is 402 g/mol. The quantitative estimate of drug-likeness (QED) is 0.670. The fourth-order valence-electron chi connectivity index (χ4n) is 3.29. The Morgan fingerprint density at radius 2 is 2.00 bits per heavy atom. The smallest absolute Gasteiger partial charge is 0.240 e. The van der Waals surface area contributed by atoms with Crippen LogP contribution in [0.5, 0.6) is 11.6 Å². The van der Waals surface area contributed by atoms with E-state index in [-0.39, 0.29) is 0 Å². The molecule has 1 saturated heterocycles. The summed E-state index contributed by atoms with van der Waals surface area (Å²) in [5.74, 6) is 0.888. The van der Waals surface area contributed by atoms with Crippen LogP contribution in [0.3, 0.4) is 0 Å². The van der Waals surface area contributed by atoms with Gasteiger partial charge in [0.25, 0.3) is 0 Å². The van der Waals surface area contributed by atoms with E-state index in [9.17, 15) is 5.26 Å². The van der Waals surface area contributed by atoms with Crippen LogP contribution in [0.15, 0.2) is 48.8 Å². The second-order valence-electron chi connectivity index (χ2n) is 6.85. The number of nitrogens with zero attached hydrogens (tertiary/aromatic N) is 5. The van der Waals surface area contributed by atoms with Crippen molar-refractivity contribution in [1.29, 1.82) is 5.26 Å². The SMILES string of the molecule is N#Cc1ccc(-c2ccc(CCN)nc2)c(Oc2cc(N3CCOCC3)cnn2)c1. The molecule has 30 heavy (non-hydrogen) atoms. The molecule has 2 N–H and O–H groups in total. The van der Waals surface area contributed by atoms with E-state index in [0.717, 1.165) is 42.0 Å². The van der Waals surface area contributed by atoms with Gasteiger partial charge in [-0.25, -0.2) is 0 Å². The Morgan fingerprint density at radius 3 is 2.73 bits per heavy atom. The molecule has 0 unspecified atom stereocenters. The molecule has 3 heterocycles. The summed E-state index contributed by atoms with van der Waals surface area (Å²) in [6, 6.07) is 13.2. The van der Waals surface area contributed by atoms with E-state index in [1.807, 2.05) is 24.3 Å². The number of nitrogens with two attached hydrogens (primary N) is 1. The molecule has 8 heteroatoms. The third kappa shape index (κ3) is 4.54. The predicted octanol–water partition coefficient (Wildman–Crippen LogP) is 2.54. The summed E-state index contributed by atoms with van der Waals surface area (Å²) in [4.78, 5) is 6.64. The monoisotopic (exact) mass is 402 g/mol. The molecular weight excluding hydrogens is 380 g/mol. The molecule has 0 radical (unpaired) electrons. The highest BCUT2D eigenvalue weighted by Crippen LogP contribution is 2.34. The number of hydrogen-bond acceptors (Lipinski definition) is 8. The van der Waals surface area contributed by atoms with Gasteiger partial charge >= 0.3 is 0 Å². The van der Waals surface area contributed by atoms with Gasteiger partial charge in [-0.05, 0) is 30.8 Å². The number of anilines is 1. The number of ether oxygens (including phenoxy) is 2. The van der Waals surface area contributed by atoms with Crippen LogP contribution in [0.1, 0.15) is 11.3 Å².